The fourth-order valence-electron chi connectivity index (χ4n) is 4.93. The van der Waals surface area contributed by atoms with E-state index in [2.05, 4.69) is 33.9 Å². The maximum absolute atomic E-state index is 13.8. The number of amides is 1. The Bertz CT molecular complexity index is 1250. The molecular weight excluding hydrogens is 507 g/mol. The molecule has 0 spiro atoms. The summed E-state index contributed by atoms with van der Waals surface area (Å²) >= 11 is 0. The number of anilines is 1. The molecule has 0 unspecified atom stereocenters. The number of carbonyl (C=O) groups excluding carboxylic acids is 1. The molecule has 1 fully saturated rings. The van der Waals surface area contributed by atoms with Gasteiger partial charge in [-0.25, -0.2) is 4.39 Å². The van der Waals surface area contributed by atoms with Crippen LogP contribution in [0.25, 0.3) is 0 Å². The van der Waals surface area contributed by atoms with Crippen LogP contribution in [0.3, 0.4) is 0 Å². The van der Waals surface area contributed by atoms with Crippen molar-refractivity contribution in [1.29, 1.82) is 0 Å². The van der Waals surface area contributed by atoms with E-state index in [0.29, 0.717) is 19.4 Å². The molecule has 0 saturated carbocycles. The molecule has 5 nitrogen and oxygen atoms in total. The molecule has 3 atom stereocenters. The van der Waals surface area contributed by atoms with Gasteiger partial charge in [0.25, 0.3) is 0 Å². The van der Waals surface area contributed by atoms with Gasteiger partial charge in [0.15, 0.2) is 8.32 Å². The van der Waals surface area contributed by atoms with Crippen molar-refractivity contribution < 1.29 is 18.3 Å². The van der Waals surface area contributed by atoms with Gasteiger partial charge in [-0.2, -0.15) is 0 Å². The van der Waals surface area contributed by atoms with Crippen LogP contribution in [-0.2, 0) is 15.8 Å². The van der Waals surface area contributed by atoms with Gasteiger partial charge in [-0.1, -0.05) is 57.2 Å². The minimum Gasteiger partial charge on any atom is -0.497 e. The highest BCUT2D eigenvalue weighted by atomic mass is 28.4. The molecule has 4 rings (SSSR count). The SMILES string of the molecule is COc1ccc([C@@H]2[C@@H](CC[C@H](O[Si](C)(C)C(C)(C)C)c3ccc(F)cc3)C(=O)N2c2ccc(CN)cc2)cc1. The van der Waals surface area contributed by atoms with Crippen molar-refractivity contribution in [2.24, 2.45) is 11.7 Å². The van der Waals surface area contributed by atoms with E-state index in [1.165, 1.54) is 12.1 Å². The number of ether oxygens (including phenoxy) is 1. The van der Waals surface area contributed by atoms with Crippen LogP contribution >= 0.6 is 0 Å². The molecule has 1 heterocycles. The van der Waals surface area contributed by atoms with E-state index in [-0.39, 0.29) is 34.8 Å². The standard InChI is InChI=1S/C32H41FN2O3Si/c1-32(2,3)39(5,6)38-29(23-9-13-25(33)14-10-23)20-19-28-30(24-11-17-27(37-4)18-12-24)35(31(28)36)26-15-7-22(21-34)8-16-26/h7-18,28-30H,19-21,34H2,1-6H3/t28-,29+,30-/m1/s1. The zero-order valence-corrected chi connectivity index (χ0v) is 24.9. The zero-order valence-electron chi connectivity index (χ0n) is 23.9. The van der Waals surface area contributed by atoms with Crippen LogP contribution in [0.2, 0.25) is 18.1 Å². The summed E-state index contributed by atoms with van der Waals surface area (Å²) in [5.41, 5.74) is 9.68. The highest BCUT2D eigenvalue weighted by molar-refractivity contribution is 6.74. The first-order valence-electron chi connectivity index (χ1n) is 13.6. The molecule has 1 aliphatic heterocycles. The second-order valence-electron chi connectivity index (χ2n) is 11.9. The highest BCUT2D eigenvalue weighted by Gasteiger charge is 2.49. The molecule has 1 aliphatic rings. The average Bonchev–Trinajstić information content (AvgIpc) is 2.91. The Balaban J connectivity index is 1.62. The van der Waals surface area contributed by atoms with E-state index in [0.717, 1.165) is 28.1 Å². The summed E-state index contributed by atoms with van der Waals surface area (Å²) in [6.45, 7) is 11.5. The van der Waals surface area contributed by atoms with E-state index in [4.69, 9.17) is 14.9 Å². The van der Waals surface area contributed by atoms with Crippen molar-refractivity contribution in [3.63, 3.8) is 0 Å². The lowest BCUT2D eigenvalue weighted by atomic mass is 9.78. The average molecular weight is 549 g/mol. The summed E-state index contributed by atoms with van der Waals surface area (Å²) in [6, 6.07) is 22.3. The molecule has 3 aromatic carbocycles. The summed E-state index contributed by atoms with van der Waals surface area (Å²) in [5.74, 6) is 0.411. The molecule has 208 valence electrons. The van der Waals surface area contributed by atoms with E-state index in [1.807, 2.05) is 65.6 Å². The fraction of sp³-hybridized carbons (Fsp3) is 0.406. The van der Waals surface area contributed by atoms with E-state index in [9.17, 15) is 9.18 Å². The summed E-state index contributed by atoms with van der Waals surface area (Å²) in [7, 11) is -0.479. The van der Waals surface area contributed by atoms with Crippen LogP contribution in [0.5, 0.6) is 5.75 Å². The molecule has 7 heteroatoms. The molecule has 0 bridgehead atoms. The maximum Gasteiger partial charge on any atom is 0.233 e. The predicted molar refractivity (Wildman–Crippen MR) is 158 cm³/mol. The van der Waals surface area contributed by atoms with Crippen molar-refractivity contribution in [2.75, 3.05) is 12.0 Å². The topological polar surface area (TPSA) is 64.8 Å². The molecular formula is C32H41FN2O3Si. The molecule has 0 aromatic heterocycles. The molecule has 3 aromatic rings. The van der Waals surface area contributed by atoms with Gasteiger partial charge >= 0.3 is 0 Å². The van der Waals surface area contributed by atoms with E-state index >= 15 is 0 Å². The largest absolute Gasteiger partial charge is 0.497 e. The summed E-state index contributed by atoms with van der Waals surface area (Å²) < 4.78 is 26.0. The van der Waals surface area contributed by atoms with E-state index < -0.39 is 8.32 Å². The summed E-state index contributed by atoms with van der Waals surface area (Å²) in [6.07, 6.45) is 1.11. The third-order valence-corrected chi connectivity index (χ3v) is 12.8. The number of nitrogens with two attached hydrogens (primary N) is 1. The van der Waals surface area contributed by atoms with Crippen molar-refractivity contribution >= 4 is 19.9 Å². The maximum atomic E-state index is 13.8. The number of carbonyl (C=O) groups is 1. The minimum absolute atomic E-state index is 0.0235. The van der Waals surface area contributed by atoms with Gasteiger partial charge in [0.05, 0.1) is 25.2 Å². The second-order valence-corrected chi connectivity index (χ2v) is 16.7. The van der Waals surface area contributed by atoms with Gasteiger partial charge in [-0.15, -0.1) is 0 Å². The first-order chi connectivity index (χ1) is 18.4. The Labute approximate surface area is 233 Å². The van der Waals surface area contributed by atoms with E-state index in [1.54, 1.807) is 7.11 Å². The van der Waals surface area contributed by atoms with Crippen LogP contribution in [0.1, 0.15) is 62.4 Å². The Hall–Kier alpha value is -3.00. The van der Waals surface area contributed by atoms with Crippen LogP contribution in [0, 0.1) is 11.7 Å². The number of methoxy groups -OCH3 is 1. The first-order valence-corrected chi connectivity index (χ1v) is 16.6. The number of rotatable bonds is 10. The lowest BCUT2D eigenvalue weighted by Gasteiger charge is -2.48. The first kappa shape index (κ1) is 29.0. The normalized spacial score (nSPS) is 18.6. The zero-order chi connectivity index (χ0) is 28.4. The molecule has 39 heavy (non-hydrogen) atoms. The highest BCUT2D eigenvalue weighted by Crippen LogP contribution is 2.48. The number of benzene rings is 3. The van der Waals surface area contributed by atoms with Crippen molar-refractivity contribution in [2.45, 2.75) is 70.4 Å². The van der Waals surface area contributed by atoms with Crippen molar-refractivity contribution in [1.82, 2.24) is 0 Å². The van der Waals surface area contributed by atoms with Gasteiger partial charge in [-0.05, 0) is 84.1 Å². The van der Waals surface area contributed by atoms with Crippen LogP contribution in [-0.4, -0.2) is 21.3 Å². The van der Waals surface area contributed by atoms with Gasteiger partial charge in [-0.3, -0.25) is 4.79 Å². The number of hydrogen-bond donors (Lipinski definition) is 1. The summed E-state index contributed by atoms with van der Waals surface area (Å²) in [4.78, 5) is 15.5. The Morgan fingerprint density at radius 1 is 0.974 bits per heavy atom. The minimum atomic E-state index is -2.13. The molecule has 0 aliphatic carbocycles. The lowest BCUT2D eigenvalue weighted by molar-refractivity contribution is -0.131. The smallest absolute Gasteiger partial charge is 0.233 e. The Kier molecular flexibility index (Phi) is 8.64. The Morgan fingerprint density at radius 2 is 1.59 bits per heavy atom. The molecule has 2 N–H and O–H groups in total. The molecule has 0 radical (unpaired) electrons. The monoisotopic (exact) mass is 548 g/mol. The van der Waals surface area contributed by atoms with Gasteiger partial charge in [0.2, 0.25) is 5.91 Å². The fourth-order valence-corrected chi connectivity index (χ4v) is 6.25. The van der Waals surface area contributed by atoms with Crippen molar-refractivity contribution in [3.8, 4) is 5.75 Å². The quantitative estimate of drug-likeness (QED) is 0.210. The number of nitrogens with zero attached hydrogens (tertiary/aromatic N) is 1. The number of halogens is 1. The molecule has 1 amide bonds. The number of β-lactam (4-membered cyclic amide) rings is 1. The van der Waals surface area contributed by atoms with Crippen molar-refractivity contribution in [3.05, 3.63) is 95.3 Å². The number of hydrogen-bond acceptors (Lipinski definition) is 4. The van der Waals surface area contributed by atoms with Crippen LogP contribution in [0.15, 0.2) is 72.8 Å². The van der Waals surface area contributed by atoms with Gasteiger partial charge in [0, 0.05) is 12.2 Å². The van der Waals surface area contributed by atoms with Gasteiger partial charge < -0.3 is 19.8 Å². The van der Waals surface area contributed by atoms with Crippen LogP contribution in [0.4, 0.5) is 10.1 Å². The third-order valence-electron chi connectivity index (χ3n) is 8.35. The van der Waals surface area contributed by atoms with Crippen LogP contribution < -0.4 is 15.4 Å². The van der Waals surface area contributed by atoms with Gasteiger partial charge in [0.1, 0.15) is 11.6 Å². The molecule has 1 saturated heterocycles. The second kappa shape index (κ2) is 11.6. The Morgan fingerprint density at radius 3 is 2.13 bits per heavy atom. The predicted octanol–water partition coefficient (Wildman–Crippen LogP) is 7.54. The lowest BCUT2D eigenvalue weighted by Crippen LogP contribution is -2.55. The third kappa shape index (κ3) is 6.26. The summed E-state index contributed by atoms with van der Waals surface area (Å²) in [5, 5.41) is 0.0235.